The van der Waals surface area contributed by atoms with Crippen LogP contribution in [0.2, 0.25) is 0 Å². The van der Waals surface area contributed by atoms with Gasteiger partial charge in [-0.1, -0.05) is 18.2 Å². The highest BCUT2D eigenvalue weighted by atomic mass is 32.2. The Morgan fingerprint density at radius 3 is 2.71 bits per heavy atom. The summed E-state index contributed by atoms with van der Waals surface area (Å²) in [7, 11) is 0. The molecule has 0 radical (unpaired) electrons. The third-order valence-electron chi connectivity index (χ3n) is 4.80. The number of amides is 3. The smallest absolute Gasteiger partial charge is 0.293 e. The van der Waals surface area contributed by atoms with E-state index in [1.54, 1.807) is 48.5 Å². The van der Waals surface area contributed by atoms with Gasteiger partial charge in [0.1, 0.15) is 5.75 Å². The highest BCUT2D eigenvalue weighted by Gasteiger charge is 2.35. The van der Waals surface area contributed by atoms with Crippen molar-refractivity contribution in [2.75, 3.05) is 19.9 Å². The first kappa shape index (κ1) is 20.8. The number of carbonyl (C=O) groups excluding carboxylic acids is 3. The lowest BCUT2D eigenvalue weighted by molar-refractivity contribution is -0.124. The number of thioether (sulfide) groups is 1. The molecule has 4 rings (SSSR count). The lowest BCUT2D eigenvalue weighted by Gasteiger charge is -2.12. The molecule has 0 spiro atoms. The van der Waals surface area contributed by atoms with Gasteiger partial charge in [-0.25, -0.2) is 0 Å². The Bertz CT molecular complexity index is 1050. The highest BCUT2D eigenvalue weighted by molar-refractivity contribution is 8.18. The van der Waals surface area contributed by atoms with Crippen molar-refractivity contribution in [3.63, 3.8) is 0 Å². The van der Waals surface area contributed by atoms with Gasteiger partial charge in [-0.05, 0) is 59.7 Å². The minimum atomic E-state index is -0.412. The topological polar surface area (TPSA) is 105 Å². The molecule has 8 nitrogen and oxygen atoms in total. The van der Waals surface area contributed by atoms with Crippen LogP contribution in [0.4, 0.5) is 4.79 Å². The summed E-state index contributed by atoms with van der Waals surface area (Å²) in [5, 5.41) is 11.7. The molecule has 1 saturated heterocycles. The maximum atomic E-state index is 12.6. The second kappa shape index (κ2) is 9.13. The molecular weight excluding hydrogens is 420 g/mol. The second-order valence-electron chi connectivity index (χ2n) is 6.96. The van der Waals surface area contributed by atoms with E-state index in [1.807, 2.05) is 0 Å². The van der Waals surface area contributed by atoms with Gasteiger partial charge in [0, 0.05) is 19.5 Å². The molecule has 0 aliphatic carbocycles. The fourth-order valence-corrected chi connectivity index (χ4v) is 4.02. The summed E-state index contributed by atoms with van der Waals surface area (Å²) < 4.78 is 10.6. The van der Waals surface area contributed by atoms with Crippen molar-refractivity contribution in [2.45, 2.75) is 12.8 Å². The predicted molar refractivity (Wildman–Crippen MR) is 115 cm³/mol. The standard InChI is InChI=1S/C22H20N2O6S/c25-16-4-1-14(2-5-16)7-9-23-20(26)8-10-24-21(27)19(31-22(24)28)12-15-3-6-17-18(11-15)30-13-29-17/h1-6,11-12,25H,7-10,13H2,(H,23,26). The molecule has 2 aromatic carbocycles. The molecule has 0 aromatic heterocycles. The Balaban J connectivity index is 1.28. The second-order valence-corrected chi connectivity index (χ2v) is 7.96. The van der Waals surface area contributed by atoms with Crippen LogP contribution in [0.5, 0.6) is 17.2 Å². The lowest BCUT2D eigenvalue weighted by atomic mass is 10.1. The van der Waals surface area contributed by atoms with E-state index in [1.165, 1.54) is 0 Å². The molecule has 2 heterocycles. The fourth-order valence-electron chi connectivity index (χ4n) is 3.16. The van der Waals surface area contributed by atoms with Gasteiger partial charge >= 0.3 is 0 Å². The van der Waals surface area contributed by atoms with Crippen molar-refractivity contribution >= 4 is 34.9 Å². The van der Waals surface area contributed by atoms with E-state index >= 15 is 0 Å². The summed E-state index contributed by atoms with van der Waals surface area (Å²) in [5.74, 6) is 0.776. The van der Waals surface area contributed by atoms with Gasteiger partial charge in [-0.3, -0.25) is 19.3 Å². The van der Waals surface area contributed by atoms with Crippen molar-refractivity contribution in [1.82, 2.24) is 10.2 Å². The van der Waals surface area contributed by atoms with E-state index in [4.69, 9.17) is 9.47 Å². The molecule has 31 heavy (non-hydrogen) atoms. The minimum Gasteiger partial charge on any atom is -0.508 e. The van der Waals surface area contributed by atoms with Crippen molar-refractivity contribution in [3.8, 4) is 17.2 Å². The van der Waals surface area contributed by atoms with Crippen LogP contribution in [0, 0.1) is 0 Å². The van der Waals surface area contributed by atoms with E-state index in [2.05, 4.69) is 5.32 Å². The Kier molecular flexibility index (Phi) is 6.13. The Hall–Kier alpha value is -3.46. The molecule has 9 heteroatoms. The highest BCUT2D eigenvalue weighted by Crippen LogP contribution is 2.36. The number of nitrogens with one attached hydrogen (secondary N) is 1. The van der Waals surface area contributed by atoms with Gasteiger partial charge in [-0.2, -0.15) is 0 Å². The summed E-state index contributed by atoms with van der Waals surface area (Å²) in [5.41, 5.74) is 1.71. The number of hydrogen-bond acceptors (Lipinski definition) is 7. The van der Waals surface area contributed by atoms with Crippen LogP contribution >= 0.6 is 11.8 Å². The minimum absolute atomic E-state index is 0.0220. The average molecular weight is 440 g/mol. The third-order valence-corrected chi connectivity index (χ3v) is 5.71. The number of carbonyl (C=O) groups is 3. The summed E-state index contributed by atoms with van der Waals surface area (Å²) in [6.07, 6.45) is 2.28. The molecule has 0 bridgehead atoms. The first-order chi connectivity index (χ1) is 15.0. The summed E-state index contributed by atoms with van der Waals surface area (Å²) in [4.78, 5) is 38.3. The van der Waals surface area contributed by atoms with Crippen molar-refractivity contribution in [1.29, 1.82) is 0 Å². The van der Waals surface area contributed by atoms with Crippen LogP contribution in [-0.2, 0) is 16.0 Å². The van der Waals surface area contributed by atoms with Crippen molar-refractivity contribution in [3.05, 3.63) is 58.5 Å². The molecule has 2 aromatic rings. The molecule has 0 saturated carbocycles. The first-order valence-corrected chi connectivity index (χ1v) is 10.5. The van der Waals surface area contributed by atoms with Crippen LogP contribution in [0.1, 0.15) is 17.5 Å². The lowest BCUT2D eigenvalue weighted by Crippen LogP contribution is -2.34. The monoisotopic (exact) mass is 440 g/mol. The van der Waals surface area contributed by atoms with E-state index < -0.39 is 11.1 Å². The number of phenolic OH excluding ortho intramolecular Hbond substituents is 1. The molecule has 1 fully saturated rings. The van der Waals surface area contributed by atoms with Crippen molar-refractivity contribution in [2.24, 2.45) is 0 Å². The fraction of sp³-hybridized carbons (Fsp3) is 0.227. The molecule has 2 aliphatic heterocycles. The summed E-state index contributed by atoms with van der Waals surface area (Å²) in [6, 6.07) is 12.0. The van der Waals surface area contributed by atoms with Gasteiger partial charge in [0.2, 0.25) is 12.7 Å². The number of aromatic hydroxyl groups is 1. The number of imide groups is 1. The zero-order chi connectivity index (χ0) is 21.8. The van der Waals surface area contributed by atoms with Gasteiger partial charge in [0.25, 0.3) is 11.1 Å². The van der Waals surface area contributed by atoms with Crippen LogP contribution in [-0.4, -0.2) is 46.9 Å². The zero-order valence-electron chi connectivity index (χ0n) is 16.5. The van der Waals surface area contributed by atoms with Gasteiger partial charge in [0.15, 0.2) is 11.5 Å². The molecule has 160 valence electrons. The maximum Gasteiger partial charge on any atom is 0.293 e. The maximum absolute atomic E-state index is 12.6. The molecule has 0 unspecified atom stereocenters. The van der Waals surface area contributed by atoms with Gasteiger partial charge < -0.3 is 19.9 Å². The van der Waals surface area contributed by atoms with Gasteiger partial charge in [-0.15, -0.1) is 0 Å². The molecule has 2 N–H and O–H groups in total. The molecule has 2 aliphatic rings. The number of fused-ring (bicyclic) bond motifs is 1. The van der Waals surface area contributed by atoms with E-state index in [9.17, 15) is 19.5 Å². The van der Waals surface area contributed by atoms with Crippen LogP contribution in [0.15, 0.2) is 47.4 Å². The summed E-state index contributed by atoms with van der Waals surface area (Å²) >= 11 is 0.852. The number of phenols is 1. The Labute approximate surface area is 182 Å². The average Bonchev–Trinajstić information content (AvgIpc) is 3.32. The van der Waals surface area contributed by atoms with Crippen LogP contribution in [0.25, 0.3) is 6.08 Å². The molecule has 3 amide bonds. The van der Waals surface area contributed by atoms with E-state index in [0.29, 0.717) is 29.4 Å². The van der Waals surface area contributed by atoms with E-state index in [-0.39, 0.29) is 31.4 Å². The number of benzene rings is 2. The van der Waals surface area contributed by atoms with Crippen LogP contribution < -0.4 is 14.8 Å². The summed E-state index contributed by atoms with van der Waals surface area (Å²) in [6.45, 7) is 0.607. The number of nitrogens with zero attached hydrogens (tertiary/aromatic N) is 1. The molecular formula is C22H20N2O6S. The SMILES string of the molecule is O=C(CCN1C(=O)SC(=Cc2ccc3c(c2)OCO3)C1=O)NCCc1ccc(O)cc1. The Morgan fingerprint density at radius 2 is 1.90 bits per heavy atom. The largest absolute Gasteiger partial charge is 0.508 e. The first-order valence-electron chi connectivity index (χ1n) is 9.69. The normalized spacial score (nSPS) is 16.3. The zero-order valence-corrected chi connectivity index (χ0v) is 17.3. The number of ether oxygens (including phenoxy) is 2. The van der Waals surface area contributed by atoms with Gasteiger partial charge in [0.05, 0.1) is 4.91 Å². The number of hydrogen-bond donors (Lipinski definition) is 2. The number of rotatable bonds is 7. The van der Waals surface area contributed by atoms with E-state index in [0.717, 1.165) is 27.8 Å². The predicted octanol–water partition coefficient (Wildman–Crippen LogP) is 2.91. The Morgan fingerprint density at radius 1 is 1.13 bits per heavy atom. The van der Waals surface area contributed by atoms with Crippen molar-refractivity contribution < 1.29 is 29.0 Å². The van der Waals surface area contributed by atoms with Crippen LogP contribution in [0.3, 0.4) is 0 Å². The third kappa shape index (κ3) is 5.00. The quantitative estimate of drug-likeness (QED) is 0.638. The molecule has 0 atom stereocenters.